The number of rotatable bonds is 4. The minimum Gasteiger partial charge on any atom is -0.444 e. The maximum Gasteiger partial charge on any atom is 0.411 e. The number of aryl methyl sites for hydroxylation is 3. The van der Waals surface area contributed by atoms with Crippen LogP contribution in [0.4, 0.5) is 4.79 Å². The molecule has 0 saturated carbocycles. The summed E-state index contributed by atoms with van der Waals surface area (Å²) in [5.74, 6) is 0.275. The van der Waals surface area contributed by atoms with E-state index in [0.29, 0.717) is 48.7 Å². The van der Waals surface area contributed by atoms with E-state index in [1.165, 1.54) is 0 Å². The lowest BCUT2D eigenvalue weighted by Crippen LogP contribution is -2.63. The number of likely N-dealkylation sites (tertiary alicyclic amines) is 1. The number of fused-ring (bicyclic) bond motifs is 2. The molecule has 2 fully saturated rings. The fourth-order valence-electron chi connectivity index (χ4n) is 7.07. The third-order valence-corrected chi connectivity index (χ3v) is 9.48. The van der Waals surface area contributed by atoms with Gasteiger partial charge in [-0.05, 0) is 94.2 Å². The second-order valence-electron chi connectivity index (χ2n) is 13.6. The largest absolute Gasteiger partial charge is 0.444 e. The molecule has 6 rings (SSSR count). The van der Waals surface area contributed by atoms with Crippen LogP contribution < -0.4 is 0 Å². The molecule has 2 aromatic heterocycles. The number of benzene rings is 1. The molecule has 0 bridgehead atoms. The predicted octanol–water partition coefficient (Wildman–Crippen LogP) is 5.94. The SMILES string of the molecule is Cc1cn(C[C@H]2CCCN(C(=O)[C@H]3CN(C4c5ccc(Cl)cc5CCc5cc(Cl)cnc54)CCN3C(=O)OC(C)(C)C)C2)cn1. The Morgan fingerprint density at radius 2 is 1.78 bits per heavy atom. The van der Waals surface area contributed by atoms with Crippen molar-refractivity contribution in [3.8, 4) is 0 Å². The number of hydrogen-bond donors (Lipinski definition) is 0. The molecule has 2 aliphatic heterocycles. The molecule has 1 aromatic carbocycles. The Morgan fingerprint density at radius 3 is 2.53 bits per heavy atom. The Bertz CT molecular complexity index is 1520. The van der Waals surface area contributed by atoms with Gasteiger partial charge < -0.3 is 14.2 Å². The van der Waals surface area contributed by atoms with Gasteiger partial charge in [-0.3, -0.25) is 19.6 Å². The minimum absolute atomic E-state index is 0.0358. The van der Waals surface area contributed by atoms with Crippen molar-refractivity contribution >= 4 is 35.2 Å². The van der Waals surface area contributed by atoms with Crippen LogP contribution in [0.2, 0.25) is 10.0 Å². The zero-order valence-corrected chi connectivity index (χ0v) is 28.0. The Balaban J connectivity index is 1.32. The number of carbonyl (C=O) groups is 2. The number of halogens is 2. The van der Waals surface area contributed by atoms with E-state index in [2.05, 4.69) is 20.5 Å². The molecule has 0 radical (unpaired) electrons. The van der Waals surface area contributed by atoms with E-state index >= 15 is 0 Å². The number of hydrogen-bond acceptors (Lipinski definition) is 6. The molecular formula is C34H42Cl2N6O3. The van der Waals surface area contributed by atoms with Gasteiger partial charge in [0.2, 0.25) is 5.91 Å². The van der Waals surface area contributed by atoms with Crippen LogP contribution in [0.1, 0.15) is 67.7 Å². The fourth-order valence-corrected chi connectivity index (χ4v) is 7.44. The maximum absolute atomic E-state index is 14.5. The highest BCUT2D eigenvalue weighted by Gasteiger charge is 2.43. The Hall–Kier alpha value is -3.14. The molecule has 4 heterocycles. The molecule has 45 heavy (non-hydrogen) atoms. The zero-order valence-electron chi connectivity index (χ0n) is 26.5. The molecule has 9 nitrogen and oxygen atoms in total. The van der Waals surface area contributed by atoms with Gasteiger partial charge in [0.05, 0.1) is 28.8 Å². The van der Waals surface area contributed by atoms with Gasteiger partial charge >= 0.3 is 6.09 Å². The molecule has 3 aromatic rings. The average molecular weight is 654 g/mol. The van der Waals surface area contributed by atoms with Crippen molar-refractivity contribution in [2.24, 2.45) is 5.92 Å². The summed E-state index contributed by atoms with van der Waals surface area (Å²) in [6.45, 7) is 10.9. The van der Waals surface area contributed by atoms with E-state index < -0.39 is 17.7 Å². The lowest BCUT2D eigenvalue weighted by Gasteiger charge is -2.46. The second kappa shape index (κ2) is 12.9. The summed E-state index contributed by atoms with van der Waals surface area (Å²) in [6, 6.07) is 7.13. The van der Waals surface area contributed by atoms with Crippen molar-refractivity contribution in [1.29, 1.82) is 0 Å². The van der Waals surface area contributed by atoms with Crippen LogP contribution in [-0.2, 0) is 28.9 Å². The Morgan fingerprint density at radius 1 is 1.00 bits per heavy atom. The predicted molar refractivity (Wildman–Crippen MR) is 175 cm³/mol. The van der Waals surface area contributed by atoms with Gasteiger partial charge in [-0.25, -0.2) is 9.78 Å². The highest BCUT2D eigenvalue weighted by atomic mass is 35.5. The molecule has 0 spiro atoms. The maximum atomic E-state index is 14.5. The molecule has 2 saturated heterocycles. The molecule has 3 aliphatic rings. The van der Waals surface area contributed by atoms with Crippen LogP contribution in [0.25, 0.3) is 0 Å². The van der Waals surface area contributed by atoms with E-state index in [1.807, 2.05) is 63.3 Å². The van der Waals surface area contributed by atoms with Crippen molar-refractivity contribution < 1.29 is 14.3 Å². The Labute approximate surface area is 275 Å². The molecule has 240 valence electrons. The summed E-state index contributed by atoms with van der Waals surface area (Å²) in [4.78, 5) is 43.2. The summed E-state index contributed by atoms with van der Waals surface area (Å²) in [7, 11) is 0. The molecule has 3 atom stereocenters. The van der Waals surface area contributed by atoms with E-state index in [1.54, 1.807) is 11.1 Å². The van der Waals surface area contributed by atoms with Gasteiger partial charge in [-0.1, -0.05) is 29.3 Å². The third kappa shape index (κ3) is 7.16. The minimum atomic E-state index is -0.697. The lowest BCUT2D eigenvalue weighted by atomic mass is 9.94. The van der Waals surface area contributed by atoms with Gasteiger partial charge in [0, 0.05) is 56.7 Å². The normalized spacial score (nSPS) is 22.4. The van der Waals surface area contributed by atoms with Crippen molar-refractivity contribution in [1.82, 2.24) is 29.2 Å². The summed E-state index contributed by atoms with van der Waals surface area (Å²) in [5.41, 5.74) is 4.61. The topological polar surface area (TPSA) is 83.8 Å². The lowest BCUT2D eigenvalue weighted by molar-refractivity contribution is -0.141. The first-order chi connectivity index (χ1) is 21.4. The highest BCUT2D eigenvalue weighted by Crippen LogP contribution is 2.39. The number of piperazine rings is 1. The molecule has 1 unspecified atom stereocenters. The average Bonchev–Trinajstić information content (AvgIpc) is 3.33. The Kier molecular flexibility index (Phi) is 9.14. The van der Waals surface area contributed by atoms with Gasteiger partial charge in [-0.2, -0.15) is 0 Å². The van der Waals surface area contributed by atoms with Gasteiger partial charge in [0.1, 0.15) is 11.6 Å². The monoisotopic (exact) mass is 652 g/mol. The summed E-state index contributed by atoms with van der Waals surface area (Å²) in [5, 5.41) is 1.29. The second-order valence-corrected chi connectivity index (χ2v) is 14.5. The zero-order chi connectivity index (χ0) is 31.9. The molecule has 1 aliphatic carbocycles. The highest BCUT2D eigenvalue weighted by molar-refractivity contribution is 6.30. The van der Waals surface area contributed by atoms with Crippen molar-refractivity contribution in [3.63, 3.8) is 0 Å². The number of amides is 2. The van der Waals surface area contributed by atoms with Gasteiger partial charge in [0.15, 0.2) is 0 Å². The van der Waals surface area contributed by atoms with Crippen LogP contribution in [0, 0.1) is 12.8 Å². The number of imidazole rings is 1. The van der Waals surface area contributed by atoms with E-state index in [9.17, 15) is 9.59 Å². The van der Waals surface area contributed by atoms with E-state index in [4.69, 9.17) is 32.9 Å². The standard InChI is InChI=1S/C34H42Cl2N6O3/c1-22-17-39(21-38-22)18-23-6-5-11-41(19-23)32(43)29-20-40(12-13-42(29)33(44)45-34(2,3)4)31-28-10-9-26(35)14-24(28)7-8-25-15-27(36)16-37-30(25)31/h9-10,14-17,21,23,29,31H,5-8,11-13,18-20H2,1-4H3/t23-,29-,31?/m1/s1. The number of aromatic nitrogens is 3. The quantitative estimate of drug-likeness (QED) is 0.347. The molecule has 2 amide bonds. The first kappa shape index (κ1) is 31.8. The molecule has 11 heteroatoms. The number of carbonyl (C=O) groups excluding carboxylic acids is 2. The van der Waals surface area contributed by atoms with Crippen molar-refractivity contribution in [2.75, 3.05) is 32.7 Å². The van der Waals surface area contributed by atoms with Crippen LogP contribution in [0.15, 0.2) is 43.0 Å². The van der Waals surface area contributed by atoms with Crippen LogP contribution in [0.3, 0.4) is 0 Å². The summed E-state index contributed by atoms with van der Waals surface area (Å²) >= 11 is 12.9. The molecule has 0 N–H and O–H groups in total. The summed E-state index contributed by atoms with van der Waals surface area (Å²) < 4.78 is 7.94. The van der Waals surface area contributed by atoms with Crippen LogP contribution in [0.5, 0.6) is 0 Å². The van der Waals surface area contributed by atoms with Crippen LogP contribution in [-0.4, -0.2) is 85.6 Å². The number of pyridine rings is 1. The van der Waals surface area contributed by atoms with Crippen molar-refractivity contribution in [3.05, 3.63) is 81.1 Å². The number of ether oxygens (including phenoxy) is 1. The van der Waals surface area contributed by atoms with Gasteiger partial charge in [0.25, 0.3) is 0 Å². The number of nitrogens with zero attached hydrogens (tertiary/aromatic N) is 6. The molecular weight excluding hydrogens is 611 g/mol. The van der Waals surface area contributed by atoms with Crippen molar-refractivity contribution in [2.45, 2.75) is 77.6 Å². The van der Waals surface area contributed by atoms with E-state index in [0.717, 1.165) is 60.3 Å². The first-order valence-corrected chi connectivity index (χ1v) is 16.6. The smallest absolute Gasteiger partial charge is 0.411 e. The third-order valence-electron chi connectivity index (χ3n) is 9.04. The van der Waals surface area contributed by atoms with E-state index in [-0.39, 0.29) is 11.9 Å². The summed E-state index contributed by atoms with van der Waals surface area (Å²) in [6.07, 6.45) is 8.70. The van der Waals surface area contributed by atoms with Crippen LogP contribution >= 0.6 is 23.2 Å². The first-order valence-electron chi connectivity index (χ1n) is 15.9. The number of piperidine rings is 1. The van der Waals surface area contributed by atoms with Gasteiger partial charge in [-0.15, -0.1) is 0 Å². The fraction of sp³-hybridized carbons (Fsp3) is 0.529.